The smallest absolute Gasteiger partial charge is 0.271 e. The Balaban J connectivity index is 2.40. The lowest BCUT2D eigenvalue weighted by Crippen LogP contribution is -2.31. The summed E-state index contributed by atoms with van der Waals surface area (Å²) in [6.07, 6.45) is -3.22. The number of halogens is 3. The fourth-order valence-corrected chi connectivity index (χ4v) is 0.699. The Morgan fingerprint density at radius 1 is 1.64 bits per heavy atom. The van der Waals surface area contributed by atoms with Gasteiger partial charge in [-0.3, -0.25) is 9.75 Å². The van der Waals surface area contributed by atoms with Gasteiger partial charge in [-0.1, -0.05) is 0 Å². The van der Waals surface area contributed by atoms with Gasteiger partial charge in [0.05, 0.1) is 6.21 Å². The van der Waals surface area contributed by atoms with Crippen molar-refractivity contribution in [3.05, 3.63) is 0 Å². The molecule has 0 aromatic rings. The number of rotatable bonds is 1. The van der Waals surface area contributed by atoms with E-state index in [-0.39, 0.29) is 6.42 Å². The van der Waals surface area contributed by atoms with E-state index in [0.717, 1.165) is 5.01 Å². The van der Waals surface area contributed by atoms with Gasteiger partial charge in [0.1, 0.15) is 0 Å². The highest BCUT2D eigenvalue weighted by atomic mass is 19.4. The van der Waals surface area contributed by atoms with Crippen molar-refractivity contribution in [2.24, 2.45) is 5.10 Å². The van der Waals surface area contributed by atoms with E-state index in [2.05, 4.69) is 16.1 Å². The molecule has 6 heteroatoms. The summed E-state index contributed by atoms with van der Waals surface area (Å²) < 4.78 is 38.4. The highest BCUT2D eigenvalue weighted by molar-refractivity contribution is 5.59. The highest BCUT2D eigenvalue weighted by Gasteiger charge is 2.36. The summed E-state index contributed by atoms with van der Waals surface area (Å²) in [6.45, 7) is 0. The molecule has 3 nitrogen and oxygen atoms in total. The zero-order valence-corrected chi connectivity index (χ0v) is 5.72. The Morgan fingerprint density at radius 3 is 2.64 bits per heavy atom. The molecular weight excluding hydrogens is 161 g/mol. The van der Waals surface area contributed by atoms with Crippen LogP contribution in [0.4, 0.5) is 13.2 Å². The van der Waals surface area contributed by atoms with Crippen LogP contribution >= 0.6 is 0 Å². The standard InChI is InChI=1S/C5H6F3N2O/c1-10-4(2-3-9-10)11-5(6,7)8/h4H,2H2,1H3. The molecule has 1 rings (SSSR count). The minimum Gasteiger partial charge on any atom is -0.271 e. The Morgan fingerprint density at radius 2 is 2.27 bits per heavy atom. The number of ether oxygens (including phenoxy) is 1. The fourth-order valence-electron chi connectivity index (χ4n) is 0.699. The molecule has 63 valence electrons. The molecule has 0 saturated heterocycles. The molecule has 1 heterocycles. The predicted molar refractivity (Wildman–Crippen MR) is 30.7 cm³/mol. The topological polar surface area (TPSA) is 24.8 Å². The first-order valence-electron chi connectivity index (χ1n) is 2.90. The van der Waals surface area contributed by atoms with Gasteiger partial charge in [0.25, 0.3) is 0 Å². The van der Waals surface area contributed by atoms with Crippen molar-refractivity contribution in [3.63, 3.8) is 0 Å². The van der Waals surface area contributed by atoms with Crippen LogP contribution < -0.4 is 0 Å². The summed E-state index contributed by atoms with van der Waals surface area (Å²) in [4.78, 5) is 0. The molecule has 0 N–H and O–H groups in total. The van der Waals surface area contributed by atoms with E-state index in [0.29, 0.717) is 0 Å². The van der Waals surface area contributed by atoms with Crippen molar-refractivity contribution in [1.82, 2.24) is 5.01 Å². The lowest BCUT2D eigenvalue weighted by Gasteiger charge is -2.19. The van der Waals surface area contributed by atoms with Gasteiger partial charge in [0.2, 0.25) is 0 Å². The number of nitrogens with zero attached hydrogens (tertiary/aromatic N) is 2. The zero-order valence-electron chi connectivity index (χ0n) is 5.72. The van der Waals surface area contributed by atoms with E-state index in [1.54, 1.807) is 0 Å². The van der Waals surface area contributed by atoms with Gasteiger partial charge in [0, 0.05) is 13.5 Å². The third-order valence-corrected chi connectivity index (χ3v) is 1.18. The number of hydrogen-bond donors (Lipinski definition) is 0. The number of hydrazone groups is 1. The van der Waals surface area contributed by atoms with Crippen LogP contribution in [-0.4, -0.2) is 30.9 Å². The normalized spacial score (nSPS) is 24.7. The van der Waals surface area contributed by atoms with E-state index in [9.17, 15) is 13.2 Å². The second kappa shape index (κ2) is 2.69. The highest BCUT2D eigenvalue weighted by Crippen LogP contribution is 2.22. The summed E-state index contributed by atoms with van der Waals surface area (Å²) in [7, 11) is 1.40. The minimum absolute atomic E-state index is 0.0516. The van der Waals surface area contributed by atoms with Crippen LogP contribution in [-0.2, 0) is 4.74 Å². The first-order valence-corrected chi connectivity index (χ1v) is 2.90. The van der Waals surface area contributed by atoms with Gasteiger partial charge in [-0.15, -0.1) is 13.2 Å². The van der Waals surface area contributed by atoms with Gasteiger partial charge in [-0.05, 0) is 0 Å². The number of hydrogen-bond acceptors (Lipinski definition) is 3. The molecule has 0 fully saturated rings. The average molecular weight is 167 g/mol. The molecule has 0 aromatic carbocycles. The van der Waals surface area contributed by atoms with Crippen LogP contribution in [0, 0.1) is 0 Å². The van der Waals surface area contributed by atoms with E-state index < -0.39 is 12.6 Å². The van der Waals surface area contributed by atoms with Crippen LogP contribution in [0.5, 0.6) is 0 Å². The van der Waals surface area contributed by atoms with Crippen molar-refractivity contribution < 1.29 is 17.9 Å². The molecule has 1 radical (unpaired) electrons. The molecule has 0 amide bonds. The Kier molecular flexibility index (Phi) is 2.03. The quantitative estimate of drug-likeness (QED) is 0.583. The van der Waals surface area contributed by atoms with E-state index >= 15 is 0 Å². The third-order valence-electron chi connectivity index (χ3n) is 1.18. The first-order chi connectivity index (χ1) is 4.99. The maximum Gasteiger partial charge on any atom is 0.524 e. The molecule has 1 unspecified atom stereocenters. The molecule has 1 atom stereocenters. The number of alkyl halides is 3. The summed E-state index contributed by atoms with van der Waals surface area (Å²) >= 11 is 0. The monoisotopic (exact) mass is 167 g/mol. The van der Waals surface area contributed by atoms with Crippen molar-refractivity contribution >= 4 is 6.21 Å². The van der Waals surface area contributed by atoms with Crippen LogP contribution in [0.25, 0.3) is 0 Å². The van der Waals surface area contributed by atoms with Gasteiger partial charge in [0.15, 0.2) is 6.23 Å². The third kappa shape index (κ3) is 2.38. The van der Waals surface area contributed by atoms with Gasteiger partial charge in [-0.25, -0.2) is 0 Å². The van der Waals surface area contributed by atoms with Crippen molar-refractivity contribution in [3.8, 4) is 0 Å². The van der Waals surface area contributed by atoms with E-state index in [4.69, 9.17) is 0 Å². The fraction of sp³-hybridized carbons (Fsp3) is 0.800. The largest absolute Gasteiger partial charge is 0.524 e. The van der Waals surface area contributed by atoms with E-state index in [1.165, 1.54) is 7.05 Å². The maximum atomic E-state index is 11.6. The Hall–Kier alpha value is -0.780. The molecule has 0 spiro atoms. The summed E-state index contributed by atoms with van der Waals surface area (Å²) in [5, 5.41) is 4.54. The van der Waals surface area contributed by atoms with Crippen LogP contribution in [0.3, 0.4) is 0 Å². The Labute approximate surface area is 61.4 Å². The SMILES string of the molecule is CN1N=[C]CC1OC(F)(F)F. The van der Waals surface area contributed by atoms with Crippen LogP contribution in [0.15, 0.2) is 5.10 Å². The lowest BCUT2D eigenvalue weighted by molar-refractivity contribution is -0.356. The zero-order chi connectivity index (χ0) is 8.48. The summed E-state index contributed by atoms with van der Waals surface area (Å²) in [5.74, 6) is 0. The van der Waals surface area contributed by atoms with Crippen molar-refractivity contribution in [2.45, 2.75) is 19.0 Å². The molecule has 0 aliphatic carbocycles. The van der Waals surface area contributed by atoms with Crippen molar-refractivity contribution in [1.29, 1.82) is 0 Å². The molecule has 0 saturated carbocycles. The van der Waals surface area contributed by atoms with Gasteiger partial charge >= 0.3 is 6.36 Å². The molecule has 0 bridgehead atoms. The molecule has 1 aliphatic heterocycles. The molecule has 0 aromatic heterocycles. The second-order valence-corrected chi connectivity index (χ2v) is 2.05. The van der Waals surface area contributed by atoms with Crippen LogP contribution in [0.1, 0.15) is 6.42 Å². The Bertz CT molecular complexity index is 168. The predicted octanol–water partition coefficient (Wildman–Crippen LogP) is 1.05. The van der Waals surface area contributed by atoms with Gasteiger partial charge < -0.3 is 0 Å². The average Bonchev–Trinajstić information content (AvgIpc) is 2.12. The molecule has 1 aliphatic rings. The lowest BCUT2D eigenvalue weighted by atomic mass is 10.4. The van der Waals surface area contributed by atoms with E-state index in [1.807, 2.05) is 0 Å². The second-order valence-electron chi connectivity index (χ2n) is 2.05. The minimum atomic E-state index is -4.60. The maximum absolute atomic E-state index is 11.6. The summed E-state index contributed by atoms with van der Waals surface area (Å²) in [5.41, 5.74) is 0. The van der Waals surface area contributed by atoms with Crippen LogP contribution in [0.2, 0.25) is 0 Å². The molecular formula is C5H6F3N2O. The summed E-state index contributed by atoms with van der Waals surface area (Å²) in [6, 6.07) is 0. The van der Waals surface area contributed by atoms with Gasteiger partial charge in [-0.2, -0.15) is 5.10 Å². The molecule has 11 heavy (non-hydrogen) atoms. The van der Waals surface area contributed by atoms with Crippen molar-refractivity contribution in [2.75, 3.05) is 7.05 Å². The first kappa shape index (κ1) is 8.32.